The number of carbonyl (C=O) groups excluding carboxylic acids is 2. The first-order chi connectivity index (χ1) is 11.8. The van der Waals surface area contributed by atoms with Gasteiger partial charge < -0.3 is 4.74 Å². The molecule has 130 valence electrons. The molecule has 1 aliphatic rings. The third-order valence-electron chi connectivity index (χ3n) is 3.74. The molecule has 1 aliphatic heterocycles. The standard InChI is InChI=1S/C20H21NO3S/c1-20(2,3)24-19(23)21-12-15-11-16(9-10-17(15)18(21)22)25-13-14-7-5-4-6-8-14/h4-11H,12-13H2,1-3H3. The van der Waals surface area contributed by atoms with Crippen LogP contribution in [0.1, 0.15) is 42.3 Å². The number of amides is 2. The summed E-state index contributed by atoms with van der Waals surface area (Å²) in [5.74, 6) is 0.576. The van der Waals surface area contributed by atoms with Crippen LogP contribution in [0.25, 0.3) is 0 Å². The molecule has 0 aromatic heterocycles. The predicted octanol–water partition coefficient (Wildman–Crippen LogP) is 4.87. The fraction of sp³-hybridized carbons (Fsp3) is 0.300. The molecule has 0 radical (unpaired) electrons. The van der Waals surface area contributed by atoms with Gasteiger partial charge in [-0.05, 0) is 50.1 Å². The lowest BCUT2D eigenvalue weighted by Crippen LogP contribution is -2.36. The summed E-state index contributed by atoms with van der Waals surface area (Å²) in [5.41, 5.74) is 2.08. The maximum absolute atomic E-state index is 12.4. The number of thioether (sulfide) groups is 1. The van der Waals surface area contributed by atoms with Gasteiger partial charge in [0.1, 0.15) is 5.60 Å². The van der Waals surface area contributed by atoms with Gasteiger partial charge in [-0.15, -0.1) is 11.8 Å². The molecule has 0 bridgehead atoms. The van der Waals surface area contributed by atoms with Crippen molar-refractivity contribution in [2.75, 3.05) is 0 Å². The zero-order valence-corrected chi connectivity index (χ0v) is 15.4. The molecular formula is C20H21NO3S. The molecule has 0 unspecified atom stereocenters. The van der Waals surface area contributed by atoms with Crippen molar-refractivity contribution in [2.45, 2.75) is 43.6 Å². The monoisotopic (exact) mass is 355 g/mol. The molecule has 25 heavy (non-hydrogen) atoms. The maximum atomic E-state index is 12.4. The lowest BCUT2D eigenvalue weighted by atomic mass is 10.1. The van der Waals surface area contributed by atoms with Gasteiger partial charge >= 0.3 is 6.09 Å². The lowest BCUT2D eigenvalue weighted by Gasteiger charge is -2.23. The van der Waals surface area contributed by atoms with Crippen LogP contribution in [0.5, 0.6) is 0 Å². The summed E-state index contributed by atoms with van der Waals surface area (Å²) in [7, 11) is 0. The van der Waals surface area contributed by atoms with Crippen molar-refractivity contribution in [3.8, 4) is 0 Å². The summed E-state index contributed by atoms with van der Waals surface area (Å²) in [6.07, 6.45) is -0.591. The largest absolute Gasteiger partial charge is 0.443 e. The second-order valence-electron chi connectivity index (χ2n) is 6.96. The summed E-state index contributed by atoms with van der Waals surface area (Å²) < 4.78 is 5.32. The molecule has 3 rings (SSSR count). The van der Waals surface area contributed by atoms with Crippen LogP contribution in [0.4, 0.5) is 4.79 Å². The van der Waals surface area contributed by atoms with Gasteiger partial charge in [0.2, 0.25) is 0 Å². The van der Waals surface area contributed by atoms with Gasteiger partial charge in [0.25, 0.3) is 5.91 Å². The van der Waals surface area contributed by atoms with Crippen LogP contribution in [0.15, 0.2) is 53.4 Å². The van der Waals surface area contributed by atoms with Crippen LogP contribution < -0.4 is 0 Å². The van der Waals surface area contributed by atoms with E-state index < -0.39 is 11.7 Å². The van der Waals surface area contributed by atoms with Crippen LogP contribution in [-0.2, 0) is 17.0 Å². The normalized spacial score (nSPS) is 13.7. The van der Waals surface area contributed by atoms with E-state index in [4.69, 9.17) is 4.74 Å². The first kappa shape index (κ1) is 17.5. The fourth-order valence-electron chi connectivity index (χ4n) is 2.59. The van der Waals surface area contributed by atoms with E-state index >= 15 is 0 Å². The minimum absolute atomic E-state index is 0.267. The maximum Gasteiger partial charge on any atom is 0.417 e. The molecule has 4 nitrogen and oxygen atoms in total. The summed E-state index contributed by atoms with van der Waals surface area (Å²) in [6, 6.07) is 16.0. The van der Waals surface area contributed by atoms with Crippen LogP contribution >= 0.6 is 11.8 Å². The van der Waals surface area contributed by atoms with Crippen LogP contribution in [-0.4, -0.2) is 22.5 Å². The van der Waals surface area contributed by atoms with Gasteiger partial charge in [0.15, 0.2) is 0 Å². The van der Waals surface area contributed by atoms with E-state index in [-0.39, 0.29) is 12.5 Å². The van der Waals surface area contributed by atoms with E-state index in [2.05, 4.69) is 12.1 Å². The van der Waals surface area contributed by atoms with Crippen LogP contribution in [0.3, 0.4) is 0 Å². The molecule has 2 aromatic carbocycles. The third-order valence-corrected chi connectivity index (χ3v) is 4.81. The van der Waals surface area contributed by atoms with E-state index in [1.165, 1.54) is 10.5 Å². The van der Waals surface area contributed by atoms with E-state index in [0.29, 0.717) is 5.56 Å². The average Bonchev–Trinajstić information content (AvgIpc) is 2.89. The molecule has 1 heterocycles. The van der Waals surface area contributed by atoms with Gasteiger partial charge in [-0.2, -0.15) is 0 Å². The Hall–Kier alpha value is -2.27. The second kappa shape index (κ2) is 6.92. The zero-order valence-electron chi connectivity index (χ0n) is 14.6. The van der Waals surface area contributed by atoms with Crippen molar-refractivity contribution in [1.29, 1.82) is 0 Å². The Bertz CT molecular complexity index is 796. The SMILES string of the molecule is CC(C)(C)OC(=O)N1Cc2cc(SCc3ccccc3)ccc2C1=O. The first-order valence-corrected chi connectivity index (χ1v) is 9.16. The number of rotatable bonds is 3. The van der Waals surface area contributed by atoms with Gasteiger partial charge in [-0.25, -0.2) is 9.69 Å². The van der Waals surface area contributed by atoms with Crippen molar-refractivity contribution in [1.82, 2.24) is 4.90 Å². The molecular weight excluding hydrogens is 334 g/mol. The summed E-state index contributed by atoms with van der Waals surface area (Å²) in [6.45, 7) is 5.63. The van der Waals surface area contributed by atoms with E-state index in [0.717, 1.165) is 16.2 Å². The van der Waals surface area contributed by atoms with Crippen molar-refractivity contribution in [2.24, 2.45) is 0 Å². The summed E-state index contributed by atoms with van der Waals surface area (Å²) >= 11 is 1.71. The Morgan fingerprint density at radius 3 is 2.56 bits per heavy atom. The number of carbonyl (C=O) groups is 2. The number of benzene rings is 2. The Kier molecular flexibility index (Phi) is 4.86. The van der Waals surface area contributed by atoms with Crippen molar-refractivity contribution in [3.63, 3.8) is 0 Å². The van der Waals surface area contributed by atoms with Crippen LogP contribution in [0.2, 0.25) is 0 Å². The molecule has 0 saturated heterocycles. The molecule has 0 spiro atoms. The Morgan fingerprint density at radius 2 is 1.88 bits per heavy atom. The van der Waals surface area contributed by atoms with E-state index in [1.807, 2.05) is 30.3 Å². The van der Waals surface area contributed by atoms with E-state index in [1.54, 1.807) is 38.6 Å². The quantitative estimate of drug-likeness (QED) is 0.737. The molecule has 2 aromatic rings. The van der Waals surface area contributed by atoms with E-state index in [9.17, 15) is 9.59 Å². The first-order valence-electron chi connectivity index (χ1n) is 8.18. The smallest absolute Gasteiger partial charge is 0.417 e. The highest BCUT2D eigenvalue weighted by molar-refractivity contribution is 7.98. The minimum atomic E-state index is -0.622. The molecule has 0 N–H and O–H groups in total. The van der Waals surface area contributed by atoms with Gasteiger partial charge in [-0.1, -0.05) is 30.3 Å². The van der Waals surface area contributed by atoms with Crippen molar-refractivity contribution in [3.05, 3.63) is 65.2 Å². The van der Waals surface area contributed by atoms with Crippen molar-refractivity contribution < 1.29 is 14.3 Å². The average molecular weight is 355 g/mol. The predicted molar refractivity (Wildman–Crippen MR) is 98.6 cm³/mol. The second-order valence-corrected chi connectivity index (χ2v) is 8.01. The Morgan fingerprint density at radius 1 is 1.16 bits per heavy atom. The zero-order chi connectivity index (χ0) is 18.0. The lowest BCUT2D eigenvalue weighted by molar-refractivity contribution is 0.0248. The number of imide groups is 1. The highest BCUT2D eigenvalue weighted by Crippen LogP contribution is 2.30. The molecule has 0 atom stereocenters. The third kappa shape index (κ3) is 4.23. The molecule has 0 saturated carbocycles. The highest BCUT2D eigenvalue weighted by atomic mass is 32.2. The molecule has 5 heteroatoms. The topological polar surface area (TPSA) is 46.6 Å². The fourth-order valence-corrected chi connectivity index (χ4v) is 3.51. The summed E-state index contributed by atoms with van der Waals surface area (Å²) in [5, 5.41) is 0. The highest BCUT2D eigenvalue weighted by Gasteiger charge is 2.35. The number of nitrogens with zero attached hydrogens (tertiary/aromatic N) is 1. The molecule has 0 aliphatic carbocycles. The number of hydrogen-bond donors (Lipinski definition) is 0. The van der Waals surface area contributed by atoms with Gasteiger partial charge in [-0.3, -0.25) is 4.79 Å². The molecule has 2 amide bonds. The van der Waals surface area contributed by atoms with Gasteiger partial charge in [0.05, 0.1) is 6.54 Å². The minimum Gasteiger partial charge on any atom is -0.443 e. The molecule has 0 fully saturated rings. The number of fused-ring (bicyclic) bond motifs is 1. The number of ether oxygens (including phenoxy) is 1. The number of hydrogen-bond acceptors (Lipinski definition) is 4. The Labute approximate surface area is 152 Å². The van der Waals surface area contributed by atoms with Gasteiger partial charge in [0, 0.05) is 16.2 Å². The van der Waals surface area contributed by atoms with Crippen LogP contribution in [0, 0.1) is 0 Å². The summed E-state index contributed by atoms with van der Waals surface area (Å²) in [4.78, 5) is 26.9. The Balaban J connectivity index is 1.70. The van der Waals surface area contributed by atoms with Crippen molar-refractivity contribution >= 4 is 23.8 Å².